The van der Waals surface area contributed by atoms with Gasteiger partial charge in [0.2, 0.25) is 0 Å². The Labute approximate surface area is 75.8 Å². The fraction of sp³-hybridized carbons (Fsp3) is 0.300. The highest BCUT2D eigenvalue weighted by Gasteiger charge is 2.13. The molecular weight excluding hydrogens is 167 g/mol. The van der Waals surface area contributed by atoms with Gasteiger partial charge < -0.3 is 4.98 Å². The summed E-state index contributed by atoms with van der Waals surface area (Å²) in [6.07, 6.45) is 1.60. The summed E-state index contributed by atoms with van der Waals surface area (Å²) < 4.78 is 13.6. The van der Waals surface area contributed by atoms with Crippen LogP contribution in [0.15, 0.2) is 18.3 Å². The molecule has 3 heteroatoms. The molecule has 0 aliphatic carbocycles. The van der Waals surface area contributed by atoms with Crippen LogP contribution in [0, 0.1) is 5.82 Å². The van der Waals surface area contributed by atoms with E-state index in [1.165, 1.54) is 0 Å². The smallest absolute Gasteiger partial charge is 0.170 e. The third-order valence-electron chi connectivity index (χ3n) is 2.10. The van der Waals surface area contributed by atoms with Crippen molar-refractivity contribution >= 4 is 11.0 Å². The Balaban J connectivity index is 2.74. The van der Waals surface area contributed by atoms with E-state index >= 15 is 0 Å². The van der Waals surface area contributed by atoms with Gasteiger partial charge in [0.1, 0.15) is 5.52 Å². The quantitative estimate of drug-likeness (QED) is 0.714. The molecule has 0 aromatic carbocycles. The van der Waals surface area contributed by atoms with Gasteiger partial charge in [0.05, 0.1) is 11.2 Å². The second-order valence-corrected chi connectivity index (χ2v) is 3.41. The zero-order valence-electron chi connectivity index (χ0n) is 7.63. The molecule has 0 unspecified atom stereocenters. The van der Waals surface area contributed by atoms with Crippen LogP contribution in [-0.2, 0) is 0 Å². The fourth-order valence-corrected chi connectivity index (χ4v) is 1.41. The monoisotopic (exact) mass is 178 g/mol. The van der Waals surface area contributed by atoms with Gasteiger partial charge in [0, 0.05) is 6.20 Å². The van der Waals surface area contributed by atoms with E-state index in [-0.39, 0.29) is 11.7 Å². The van der Waals surface area contributed by atoms with Crippen molar-refractivity contribution in [1.29, 1.82) is 0 Å². The molecule has 0 spiro atoms. The van der Waals surface area contributed by atoms with E-state index in [0.29, 0.717) is 11.2 Å². The molecule has 0 aliphatic rings. The second kappa shape index (κ2) is 2.83. The lowest BCUT2D eigenvalue weighted by molar-refractivity contribution is 0.603. The summed E-state index contributed by atoms with van der Waals surface area (Å²) in [7, 11) is 0. The van der Waals surface area contributed by atoms with Gasteiger partial charge in [-0.2, -0.15) is 0 Å². The molecule has 2 nitrogen and oxygen atoms in total. The number of hydrogen-bond donors (Lipinski definition) is 1. The molecule has 1 N–H and O–H groups in total. The number of nitrogens with zero attached hydrogens (tertiary/aromatic N) is 1. The van der Waals surface area contributed by atoms with Gasteiger partial charge in [0.15, 0.2) is 5.82 Å². The van der Waals surface area contributed by atoms with Crippen LogP contribution < -0.4 is 0 Å². The molecule has 2 aromatic heterocycles. The van der Waals surface area contributed by atoms with Gasteiger partial charge in [-0.15, -0.1) is 0 Å². The Hall–Kier alpha value is -1.38. The Morgan fingerprint density at radius 2 is 2.23 bits per heavy atom. The molecule has 0 amide bonds. The van der Waals surface area contributed by atoms with E-state index in [0.717, 1.165) is 5.52 Å². The van der Waals surface area contributed by atoms with Crippen molar-refractivity contribution in [2.75, 3.05) is 0 Å². The number of aromatic nitrogens is 2. The van der Waals surface area contributed by atoms with Crippen LogP contribution in [-0.4, -0.2) is 9.97 Å². The van der Waals surface area contributed by atoms with Crippen molar-refractivity contribution in [3.05, 3.63) is 29.8 Å². The van der Waals surface area contributed by atoms with Crippen molar-refractivity contribution in [3.63, 3.8) is 0 Å². The highest BCUT2D eigenvalue weighted by Crippen LogP contribution is 2.23. The van der Waals surface area contributed by atoms with E-state index in [1.54, 1.807) is 12.3 Å². The van der Waals surface area contributed by atoms with Gasteiger partial charge in [-0.05, 0) is 18.1 Å². The Morgan fingerprint density at radius 1 is 1.46 bits per heavy atom. The normalized spacial score (nSPS) is 11.4. The molecule has 2 rings (SSSR count). The second-order valence-electron chi connectivity index (χ2n) is 3.41. The fourth-order valence-electron chi connectivity index (χ4n) is 1.41. The average Bonchev–Trinajstić information content (AvgIpc) is 2.45. The molecule has 0 fully saturated rings. The van der Waals surface area contributed by atoms with Gasteiger partial charge >= 0.3 is 0 Å². The maximum atomic E-state index is 13.6. The lowest BCUT2D eigenvalue weighted by Crippen LogP contribution is -1.90. The topological polar surface area (TPSA) is 28.7 Å². The average molecular weight is 178 g/mol. The molecule has 2 heterocycles. The third kappa shape index (κ3) is 1.20. The van der Waals surface area contributed by atoms with Crippen LogP contribution in [0.25, 0.3) is 11.0 Å². The van der Waals surface area contributed by atoms with E-state index in [2.05, 4.69) is 9.97 Å². The van der Waals surface area contributed by atoms with Crippen LogP contribution in [0.1, 0.15) is 25.5 Å². The van der Waals surface area contributed by atoms with Crippen LogP contribution in [0.3, 0.4) is 0 Å². The van der Waals surface area contributed by atoms with Crippen molar-refractivity contribution in [3.8, 4) is 0 Å². The summed E-state index contributed by atoms with van der Waals surface area (Å²) >= 11 is 0. The van der Waals surface area contributed by atoms with E-state index in [1.807, 2.05) is 19.9 Å². The minimum atomic E-state index is -0.217. The number of halogens is 1. The lowest BCUT2D eigenvalue weighted by atomic mass is 10.1. The van der Waals surface area contributed by atoms with Crippen molar-refractivity contribution in [2.45, 2.75) is 19.8 Å². The first-order valence-electron chi connectivity index (χ1n) is 4.32. The zero-order valence-corrected chi connectivity index (χ0v) is 7.63. The van der Waals surface area contributed by atoms with Gasteiger partial charge in [0.25, 0.3) is 0 Å². The summed E-state index contributed by atoms with van der Waals surface area (Å²) in [5, 5.41) is 0. The van der Waals surface area contributed by atoms with Crippen LogP contribution in [0.2, 0.25) is 0 Å². The first-order chi connectivity index (χ1) is 6.20. The number of hydrogen-bond acceptors (Lipinski definition) is 1. The van der Waals surface area contributed by atoms with Crippen molar-refractivity contribution in [2.24, 2.45) is 0 Å². The maximum Gasteiger partial charge on any atom is 0.170 e. The number of H-pyrrole nitrogens is 1. The van der Waals surface area contributed by atoms with E-state index < -0.39 is 0 Å². The minimum Gasteiger partial charge on any atom is -0.354 e. The molecule has 0 aliphatic heterocycles. The molecule has 2 aromatic rings. The molecule has 0 saturated heterocycles. The molecule has 0 radical (unpaired) electrons. The Kier molecular flexibility index (Phi) is 1.79. The number of nitrogens with one attached hydrogen (secondary N) is 1. The van der Waals surface area contributed by atoms with E-state index in [4.69, 9.17) is 0 Å². The number of aromatic amines is 1. The van der Waals surface area contributed by atoms with Crippen LogP contribution in [0.4, 0.5) is 4.39 Å². The first-order valence-corrected chi connectivity index (χ1v) is 4.32. The van der Waals surface area contributed by atoms with Crippen molar-refractivity contribution < 1.29 is 4.39 Å². The standard InChI is InChI=1S/C10H11FN2/c1-6(2)9-8(11)10-7(13-9)4-3-5-12-10/h3-6,13H,1-2H3. The first kappa shape index (κ1) is 8.23. The maximum absolute atomic E-state index is 13.6. The summed E-state index contributed by atoms with van der Waals surface area (Å²) in [5.74, 6) is -0.0557. The van der Waals surface area contributed by atoms with E-state index in [9.17, 15) is 4.39 Å². The summed E-state index contributed by atoms with van der Waals surface area (Å²) in [6.45, 7) is 3.90. The molecule has 0 atom stereocenters. The van der Waals surface area contributed by atoms with Crippen LogP contribution >= 0.6 is 0 Å². The predicted molar refractivity (Wildman–Crippen MR) is 50.1 cm³/mol. The highest BCUT2D eigenvalue weighted by atomic mass is 19.1. The third-order valence-corrected chi connectivity index (χ3v) is 2.10. The largest absolute Gasteiger partial charge is 0.354 e. The molecule has 13 heavy (non-hydrogen) atoms. The number of rotatable bonds is 1. The molecular formula is C10H11FN2. The minimum absolute atomic E-state index is 0.161. The number of pyridine rings is 1. The van der Waals surface area contributed by atoms with Gasteiger partial charge in [-0.1, -0.05) is 13.8 Å². The summed E-state index contributed by atoms with van der Waals surface area (Å²) in [5.41, 5.74) is 1.84. The van der Waals surface area contributed by atoms with Crippen LogP contribution in [0.5, 0.6) is 0 Å². The lowest BCUT2D eigenvalue weighted by Gasteiger charge is -1.99. The van der Waals surface area contributed by atoms with Crippen molar-refractivity contribution in [1.82, 2.24) is 9.97 Å². The SMILES string of the molecule is CC(C)c1[nH]c2cccnc2c1F. The zero-order chi connectivity index (χ0) is 9.42. The highest BCUT2D eigenvalue weighted by molar-refractivity contribution is 5.76. The summed E-state index contributed by atoms with van der Waals surface area (Å²) in [6, 6.07) is 3.62. The molecule has 68 valence electrons. The van der Waals surface area contributed by atoms with Gasteiger partial charge in [-0.25, -0.2) is 4.39 Å². The predicted octanol–water partition coefficient (Wildman–Crippen LogP) is 2.83. The summed E-state index contributed by atoms with van der Waals surface area (Å²) in [4.78, 5) is 7.00. The number of fused-ring (bicyclic) bond motifs is 1. The Bertz CT molecular complexity index is 431. The molecule has 0 bridgehead atoms. The van der Waals surface area contributed by atoms with Gasteiger partial charge in [-0.3, -0.25) is 4.98 Å². The Morgan fingerprint density at radius 3 is 2.85 bits per heavy atom. The molecule has 0 saturated carbocycles.